The third-order valence-electron chi connectivity index (χ3n) is 7.75. The number of esters is 1. The van der Waals surface area contributed by atoms with Gasteiger partial charge in [-0.3, -0.25) is 0 Å². The van der Waals surface area contributed by atoms with E-state index in [4.69, 9.17) is 37.6 Å². The topological polar surface area (TPSA) is 233 Å². The zero-order chi connectivity index (χ0) is 33.3. The first kappa shape index (κ1) is 33.4. The molecule has 2 aliphatic heterocycles. The van der Waals surface area contributed by atoms with Gasteiger partial charge in [0.05, 0.1) is 44.4 Å². The highest BCUT2D eigenvalue weighted by Crippen LogP contribution is 2.38. The fourth-order valence-corrected chi connectivity index (χ4v) is 5.13. The number of hydrogen-bond acceptors (Lipinski definition) is 16. The fourth-order valence-electron chi connectivity index (χ4n) is 5.13. The standard InChI is InChI=1S/C30H34O16/c1-13-5-4-6-15-21(13)16(9-20(31)44-15)45-28-25(35)24(34)23(33)19(46-28)10-41-29-26(36)30(38,12-43-29)11-42-27(37)14-7-17(39-2)22(32)18(8-14)40-3/h4-9,19,23-26,28-29,32-36,38H,10-12H2,1-3H3/t19-,23-,24+,25-,26+,28-,29-,30-/m1/s1. The lowest BCUT2D eigenvalue weighted by Gasteiger charge is -2.40. The number of hydrogen-bond donors (Lipinski definition) is 6. The van der Waals surface area contributed by atoms with Crippen molar-refractivity contribution in [3.63, 3.8) is 0 Å². The number of phenols is 1. The lowest BCUT2D eigenvalue weighted by Crippen LogP contribution is -2.60. The predicted octanol–water partition coefficient (Wildman–Crippen LogP) is -0.667. The normalized spacial score (nSPS) is 29.4. The summed E-state index contributed by atoms with van der Waals surface area (Å²) in [6, 6.07) is 8.44. The summed E-state index contributed by atoms with van der Waals surface area (Å²) in [7, 11) is 2.55. The molecule has 5 rings (SSSR count). The molecule has 0 spiro atoms. The summed E-state index contributed by atoms with van der Waals surface area (Å²) in [5, 5.41) is 63.8. The molecule has 3 aromatic rings. The van der Waals surface area contributed by atoms with Crippen LogP contribution in [0.2, 0.25) is 0 Å². The van der Waals surface area contributed by atoms with Gasteiger partial charge in [0.2, 0.25) is 12.0 Å². The average molecular weight is 651 g/mol. The second-order valence-corrected chi connectivity index (χ2v) is 10.9. The van der Waals surface area contributed by atoms with Gasteiger partial charge in [0.1, 0.15) is 48.5 Å². The molecular weight excluding hydrogens is 616 g/mol. The van der Waals surface area contributed by atoms with Crippen molar-refractivity contribution >= 4 is 16.9 Å². The Hall–Kier alpha value is -4.00. The Balaban J connectivity index is 1.22. The maximum atomic E-state index is 12.7. The molecule has 250 valence electrons. The van der Waals surface area contributed by atoms with Gasteiger partial charge in [-0.1, -0.05) is 12.1 Å². The number of ether oxygens (including phenoxy) is 7. The number of aliphatic hydroxyl groups excluding tert-OH is 4. The Kier molecular flexibility index (Phi) is 9.71. The molecule has 16 nitrogen and oxygen atoms in total. The van der Waals surface area contributed by atoms with Gasteiger partial charge >= 0.3 is 11.6 Å². The van der Waals surface area contributed by atoms with E-state index < -0.39 is 80.1 Å². The van der Waals surface area contributed by atoms with Crippen LogP contribution in [0.15, 0.2) is 45.6 Å². The van der Waals surface area contributed by atoms with Crippen molar-refractivity contribution < 1.29 is 73.0 Å². The van der Waals surface area contributed by atoms with Gasteiger partial charge in [0.15, 0.2) is 23.4 Å². The molecule has 0 amide bonds. The number of methoxy groups -OCH3 is 2. The molecule has 1 aromatic heterocycles. The average Bonchev–Trinajstić information content (AvgIpc) is 3.32. The molecule has 0 radical (unpaired) electrons. The Morgan fingerprint density at radius 1 is 0.978 bits per heavy atom. The summed E-state index contributed by atoms with van der Waals surface area (Å²) in [5.74, 6) is -1.37. The van der Waals surface area contributed by atoms with Crippen LogP contribution in [0.5, 0.6) is 23.0 Å². The lowest BCUT2D eigenvalue weighted by atomic mass is 9.99. The first-order valence-electron chi connectivity index (χ1n) is 14.0. The van der Waals surface area contributed by atoms with Crippen LogP contribution in [-0.4, -0.2) is 119 Å². The quantitative estimate of drug-likeness (QED) is 0.118. The number of carbonyl (C=O) groups excluding carboxylic acids is 1. The van der Waals surface area contributed by atoms with Gasteiger partial charge < -0.3 is 68.2 Å². The third-order valence-corrected chi connectivity index (χ3v) is 7.75. The molecule has 0 unspecified atom stereocenters. The lowest BCUT2D eigenvalue weighted by molar-refractivity contribution is -0.289. The van der Waals surface area contributed by atoms with Crippen LogP contribution in [0, 0.1) is 6.92 Å². The van der Waals surface area contributed by atoms with E-state index in [0.29, 0.717) is 10.9 Å². The molecule has 2 aliphatic rings. The molecule has 2 aromatic carbocycles. The SMILES string of the molecule is COc1cc(C(=O)OC[C@@]2(O)CO[C@@H](OC[C@H]3O[C@@H](Oc4cc(=O)oc5cccc(C)c45)[C@H](O)[C@@H](O)[C@@H]3O)[C@@H]2O)cc(OC)c1O. The van der Waals surface area contributed by atoms with Crippen LogP contribution in [0.3, 0.4) is 0 Å². The van der Waals surface area contributed by atoms with E-state index >= 15 is 0 Å². The van der Waals surface area contributed by atoms with Crippen LogP contribution >= 0.6 is 0 Å². The van der Waals surface area contributed by atoms with Crippen LogP contribution < -0.4 is 19.8 Å². The van der Waals surface area contributed by atoms with Gasteiger partial charge in [-0.15, -0.1) is 0 Å². The number of aryl methyl sites for hydroxylation is 1. The molecule has 2 fully saturated rings. The number of aromatic hydroxyl groups is 1. The summed E-state index contributed by atoms with van der Waals surface area (Å²) >= 11 is 0. The van der Waals surface area contributed by atoms with E-state index in [0.717, 1.165) is 6.07 Å². The van der Waals surface area contributed by atoms with Crippen molar-refractivity contribution in [3.8, 4) is 23.0 Å². The zero-order valence-electron chi connectivity index (χ0n) is 24.9. The van der Waals surface area contributed by atoms with Crippen LogP contribution in [0.25, 0.3) is 11.0 Å². The number of benzene rings is 2. The van der Waals surface area contributed by atoms with E-state index in [1.54, 1.807) is 25.1 Å². The van der Waals surface area contributed by atoms with Gasteiger partial charge in [-0.25, -0.2) is 9.59 Å². The van der Waals surface area contributed by atoms with Gasteiger partial charge in [-0.05, 0) is 30.7 Å². The molecule has 46 heavy (non-hydrogen) atoms. The summed E-state index contributed by atoms with van der Waals surface area (Å²) in [6.07, 6.45) is -11.3. The van der Waals surface area contributed by atoms with Crippen molar-refractivity contribution in [1.82, 2.24) is 0 Å². The number of aliphatic hydroxyl groups is 5. The molecule has 6 N–H and O–H groups in total. The van der Waals surface area contributed by atoms with Crippen LogP contribution in [0.4, 0.5) is 0 Å². The van der Waals surface area contributed by atoms with Crippen molar-refractivity contribution in [2.24, 2.45) is 0 Å². The summed E-state index contributed by atoms with van der Waals surface area (Å²) in [5.41, 5.74) is -1.99. The first-order valence-corrected chi connectivity index (χ1v) is 14.0. The van der Waals surface area contributed by atoms with Crippen molar-refractivity contribution in [3.05, 3.63) is 57.9 Å². The molecule has 0 aliphatic carbocycles. The minimum Gasteiger partial charge on any atom is -0.502 e. The second-order valence-electron chi connectivity index (χ2n) is 10.9. The maximum Gasteiger partial charge on any atom is 0.339 e. The highest BCUT2D eigenvalue weighted by molar-refractivity contribution is 5.91. The second kappa shape index (κ2) is 13.4. The van der Waals surface area contributed by atoms with Crippen molar-refractivity contribution in [2.45, 2.75) is 55.6 Å². The highest BCUT2D eigenvalue weighted by atomic mass is 16.7. The number of carbonyl (C=O) groups is 1. The van der Waals surface area contributed by atoms with Gasteiger partial charge in [0, 0.05) is 0 Å². The minimum atomic E-state index is -2.11. The molecule has 2 saturated heterocycles. The van der Waals surface area contributed by atoms with E-state index in [2.05, 4.69) is 0 Å². The molecule has 16 heteroatoms. The number of fused-ring (bicyclic) bond motifs is 1. The van der Waals surface area contributed by atoms with Crippen LogP contribution in [-0.2, 0) is 18.9 Å². The van der Waals surface area contributed by atoms with Gasteiger partial charge in [0.25, 0.3) is 0 Å². The Labute approximate surface area is 260 Å². The van der Waals surface area contributed by atoms with E-state index in [1.165, 1.54) is 26.4 Å². The predicted molar refractivity (Wildman–Crippen MR) is 153 cm³/mol. The molecule has 0 saturated carbocycles. The van der Waals surface area contributed by atoms with Crippen LogP contribution in [0.1, 0.15) is 15.9 Å². The Morgan fingerprint density at radius 2 is 1.67 bits per heavy atom. The molecule has 3 heterocycles. The maximum absolute atomic E-state index is 12.7. The first-order chi connectivity index (χ1) is 21.9. The Bertz CT molecular complexity index is 1600. The van der Waals surface area contributed by atoms with Gasteiger partial charge in [-0.2, -0.15) is 0 Å². The summed E-state index contributed by atoms with van der Waals surface area (Å²) in [4.78, 5) is 24.8. The summed E-state index contributed by atoms with van der Waals surface area (Å²) in [6.45, 7) is -0.00973. The van der Waals surface area contributed by atoms with Crippen molar-refractivity contribution in [2.75, 3.05) is 34.0 Å². The molecule has 0 bridgehead atoms. The molecular formula is C30H34O16. The molecule has 8 atom stereocenters. The largest absolute Gasteiger partial charge is 0.502 e. The number of rotatable bonds is 10. The highest BCUT2D eigenvalue weighted by Gasteiger charge is 2.51. The summed E-state index contributed by atoms with van der Waals surface area (Å²) < 4.78 is 42.8. The van der Waals surface area contributed by atoms with E-state index in [1.807, 2.05) is 0 Å². The van der Waals surface area contributed by atoms with E-state index in [-0.39, 0.29) is 34.1 Å². The zero-order valence-corrected chi connectivity index (χ0v) is 24.9. The minimum absolute atomic E-state index is 0.00927. The van der Waals surface area contributed by atoms with E-state index in [9.17, 15) is 40.2 Å². The van der Waals surface area contributed by atoms with Crippen molar-refractivity contribution in [1.29, 1.82) is 0 Å². The Morgan fingerprint density at radius 3 is 2.35 bits per heavy atom. The number of phenolic OH excluding ortho intramolecular Hbond substituents is 1. The monoisotopic (exact) mass is 650 g/mol. The third kappa shape index (κ3) is 6.47. The smallest absolute Gasteiger partial charge is 0.339 e. The fraction of sp³-hybridized carbons (Fsp3) is 0.467.